The average molecular weight is 401 g/mol. The van der Waals surface area contributed by atoms with Gasteiger partial charge in [-0.1, -0.05) is 0 Å². The molecule has 0 saturated heterocycles. The topological polar surface area (TPSA) is 121 Å². The zero-order valence-electron chi connectivity index (χ0n) is 14.8. The van der Waals surface area contributed by atoms with Crippen molar-refractivity contribution in [3.05, 3.63) is 35.2 Å². The Hall–Kier alpha value is -3.44. The Morgan fingerprint density at radius 1 is 1.14 bits per heavy atom. The van der Waals surface area contributed by atoms with Gasteiger partial charge in [-0.2, -0.15) is 18.2 Å². The van der Waals surface area contributed by atoms with E-state index in [1.165, 1.54) is 6.07 Å². The van der Waals surface area contributed by atoms with Crippen LogP contribution in [-0.4, -0.2) is 34.1 Å². The van der Waals surface area contributed by atoms with Crippen molar-refractivity contribution in [2.45, 2.75) is 33.1 Å². The molecule has 1 heterocycles. The summed E-state index contributed by atoms with van der Waals surface area (Å²) in [5, 5.41) is 4.67. The number of aromatic nitrogens is 2. The lowest BCUT2D eigenvalue weighted by Gasteiger charge is -2.11. The summed E-state index contributed by atoms with van der Waals surface area (Å²) in [6.07, 6.45) is -5.31. The van der Waals surface area contributed by atoms with Gasteiger partial charge in [-0.25, -0.2) is 4.79 Å². The summed E-state index contributed by atoms with van der Waals surface area (Å²) < 4.78 is 51.7. The fraction of sp³-hybridized carbons (Fsp3) is 0.312. The molecular weight excluding hydrogens is 387 g/mol. The summed E-state index contributed by atoms with van der Waals surface area (Å²) in [5.74, 6) is -4.21. The Balaban J connectivity index is 2.31. The van der Waals surface area contributed by atoms with Crippen LogP contribution in [-0.2, 0) is 15.7 Å². The van der Waals surface area contributed by atoms with Gasteiger partial charge in [-0.05, 0) is 37.2 Å². The Morgan fingerprint density at radius 2 is 1.79 bits per heavy atom. The number of benzene rings is 1. The molecule has 28 heavy (non-hydrogen) atoms. The second-order valence-electron chi connectivity index (χ2n) is 5.67. The first kappa shape index (κ1) is 20.9. The average Bonchev–Trinajstić information content (AvgIpc) is 3.02. The molecule has 150 valence electrons. The Labute approximate surface area is 155 Å². The highest BCUT2D eigenvalue weighted by atomic mass is 19.4. The van der Waals surface area contributed by atoms with Crippen molar-refractivity contribution < 1.29 is 41.6 Å². The fourth-order valence-electron chi connectivity index (χ4n) is 1.91. The molecular formula is C16H14F3N3O6. The zero-order chi connectivity index (χ0) is 21.1. The second kappa shape index (κ2) is 8.06. The molecule has 1 aromatic heterocycles. The number of ether oxygens (including phenoxy) is 2. The lowest BCUT2D eigenvalue weighted by molar-refractivity contribution is -0.146. The number of carbonyl (C=O) groups is 3. The lowest BCUT2D eigenvalue weighted by atomic mass is 10.1. The van der Waals surface area contributed by atoms with Crippen molar-refractivity contribution in [1.82, 2.24) is 10.1 Å². The number of hydrogen-bond acceptors (Lipinski definition) is 8. The number of anilines is 1. The number of nitrogens with one attached hydrogen (secondary N) is 1. The van der Waals surface area contributed by atoms with Crippen molar-refractivity contribution in [2.24, 2.45) is 0 Å². The zero-order valence-corrected chi connectivity index (χ0v) is 14.8. The van der Waals surface area contributed by atoms with Gasteiger partial charge in [0.15, 0.2) is 0 Å². The summed E-state index contributed by atoms with van der Waals surface area (Å²) in [5.41, 5.74) is -0.333. The van der Waals surface area contributed by atoms with Gasteiger partial charge in [-0.3, -0.25) is 14.9 Å². The van der Waals surface area contributed by atoms with E-state index in [1.807, 2.05) is 5.32 Å². The smallest absolute Gasteiger partial charge is 0.455 e. The summed E-state index contributed by atoms with van der Waals surface area (Å²) in [4.78, 5) is 38.5. The van der Waals surface area contributed by atoms with Gasteiger partial charge in [0.05, 0.1) is 11.7 Å². The highest BCUT2D eigenvalue weighted by Crippen LogP contribution is 2.27. The maximum atomic E-state index is 12.5. The molecule has 0 bridgehead atoms. The van der Waals surface area contributed by atoms with Crippen LogP contribution in [0.5, 0.6) is 5.75 Å². The van der Waals surface area contributed by atoms with E-state index in [0.717, 1.165) is 19.1 Å². The summed E-state index contributed by atoms with van der Waals surface area (Å²) in [6, 6.07) is 2.58. The molecule has 0 saturated carbocycles. The largest absolute Gasteiger partial charge is 0.459 e. The van der Waals surface area contributed by atoms with Crippen molar-refractivity contribution in [2.75, 3.05) is 5.32 Å². The number of nitrogens with zero attached hydrogens (tertiary/aromatic N) is 2. The minimum atomic E-state index is -4.85. The third-order valence-corrected chi connectivity index (χ3v) is 2.91. The highest BCUT2D eigenvalue weighted by Gasteiger charge is 2.37. The van der Waals surface area contributed by atoms with Crippen LogP contribution in [0.3, 0.4) is 0 Å². The molecule has 0 aliphatic rings. The number of amides is 1. The Bertz CT molecular complexity index is 907. The molecule has 2 rings (SSSR count). The quantitative estimate of drug-likeness (QED) is 0.600. The predicted molar refractivity (Wildman–Crippen MR) is 85.6 cm³/mol. The highest BCUT2D eigenvalue weighted by molar-refractivity contribution is 6.05. The van der Waals surface area contributed by atoms with Crippen LogP contribution in [0.15, 0.2) is 22.7 Å². The van der Waals surface area contributed by atoms with Crippen molar-refractivity contribution in [1.29, 1.82) is 0 Å². The molecule has 1 amide bonds. The van der Waals surface area contributed by atoms with Crippen molar-refractivity contribution >= 4 is 23.9 Å². The number of hydrogen-bond donors (Lipinski definition) is 1. The van der Waals surface area contributed by atoms with Crippen LogP contribution in [0.2, 0.25) is 0 Å². The van der Waals surface area contributed by atoms with Crippen LogP contribution in [0, 0.1) is 0 Å². The number of rotatable bonds is 5. The SMILES string of the molecule is CC(=O)Oc1cc(C(=O)Nc2nc(C(F)(F)F)no2)cc(C(=O)OC(C)C)c1. The minimum absolute atomic E-state index is 0.112. The number of esters is 2. The van der Waals surface area contributed by atoms with Gasteiger partial charge in [0.1, 0.15) is 5.75 Å². The van der Waals surface area contributed by atoms with Gasteiger partial charge in [0.25, 0.3) is 11.7 Å². The monoisotopic (exact) mass is 401 g/mol. The van der Waals surface area contributed by atoms with Gasteiger partial charge >= 0.3 is 24.1 Å². The van der Waals surface area contributed by atoms with E-state index in [-0.39, 0.29) is 16.9 Å². The minimum Gasteiger partial charge on any atom is -0.459 e. The molecule has 0 fully saturated rings. The molecule has 0 atom stereocenters. The molecule has 0 radical (unpaired) electrons. The lowest BCUT2D eigenvalue weighted by Crippen LogP contribution is -2.16. The van der Waals surface area contributed by atoms with E-state index in [4.69, 9.17) is 9.47 Å². The number of alkyl halides is 3. The Morgan fingerprint density at radius 3 is 2.32 bits per heavy atom. The normalized spacial score (nSPS) is 11.2. The van der Waals surface area contributed by atoms with Crippen molar-refractivity contribution in [3.8, 4) is 5.75 Å². The van der Waals surface area contributed by atoms with Gasteiger partial charge < -0.3 is 14.0 Å². The van der Waals surface area contributed by atoms with Gasteiger partial charge in [0.2, 0.25) is 0 Å². The molecule has 0 aliphatic heterocycles. The summed E-state index contributed by atoms with van der Waals surface area (Å²) in [6.45, 7) is 4.32. The molecule has 1 aromatic carbocycles. The maximum absolute atomic E-state index is 12.5. The first-order valence-corrected chi connectivity index (χ1v) is 7.72. The van der Waals surface area contributed by atoms with E-state index in [2.05, 4.69) is 14.7 Å². The molecule has 2 aromatic rings. The fourth-order valence-corrected chi connectivity index (χ4v) is 1.91. The molecule has 12 heteroatoms. The third-order valence-electron chi connectivity index (χ3n) is 2.91. The predicted octanol–water partition coefficient (Wildman–Crippen LogP) is 2.83. The Kier molecular flexibility index (Phi) is 6.01. The molecule has 9 nitrogen and oxygen atoms in total. The molecule has 0 spiro atoms. The third kappa shape index (κ3) is 5.53. The van der Waals surface area contributed by atoms with Crippen molar-refractivity contribution in [3.63, 3.8) is 0 Å². The first-order valence-electron chi connectivity index (χ1n) is 7.72. The molecule has 1 N–H and O–H groups in total. The first-order chi connectivity index (χ1) is 13.0. The van der Waals surface area contributed by atoms with E-state index < -0.39 is 42.0 Å². The van der Waals surface area contributed by atoms with Crippen LogP contribution in [0.25, 0.3) is 0 Å². The van der Waals surface area contributed by atoms with Crippen LogP contribution >= 0.6 is 0 Å². The van der Waals surface area contributed by atoms with Crippen LogP contribution in [0.4, 0.5) is 19.2 Å². The van der Waals surface area contributed by atoms with E-state index in [9.17, 15) is 27.6 Å². The van der Waals surface area contributed by atoms with E-state index >= 15 is 0 Å². The van der Waals surface area contributed by atoms with Gasteiger partial charge in [0, 0.05) is 12.5 Å². The van der Waals surface area contributed by atoms with Gasteiger partial charge in [-0.15, -0.1) is 0 Å². The summed E-state index contributed by atoms with van der Waals surface area (Å²) >= 11 is 0. The van der Waals surface area contributed by atoms with Crippen LogP contribution < -0.4 is 10.1 Å². The number of halogens is 3. The summed E-state index contributed by atoms with van der Waals surface area (Å²) in [7, 11) is 0. The standard InChI is InChI=1S/C16H14F3N3O6/c1-7(2)26-13(25)10-4-9(5-11(6-10)27-8(3)23)12(24)20-15-21-14(22-28-15)16(17,18)19/h4-7H,1-3H3,(H,20,21,22,24). The van der Waals surface area contributed by atoms with E-state index in [0.29, 0.717) is 0 Å². The maximum Gasteiger partial charge on any atom is 0.455 e. The second-order valence-corrected chi connectivity index (χ2v) is 5.67. The molecule has 0 unspecified atom stereocenters. The van der Waals surface area contributed by atoms with E-state index in [1.54, 1.807) is 13.8 Å². The number of carbonyl (C=O) groups excluding carboxylic acids is 3. The van der Waals surface area contributed by atoms with Crippen LogP contribution in [0.1, 0.15) is 47.3 Å². The molecule has 0 aliphatic carbocycles.